The highest BCUT2D eigenvalue weighted by Crippen LogP contribution is 2.35. The number of hydrogen-bond acceptors (Lipinski definition) is 3. The van der Waals surface area contributed by atoms with Gasteiger partial charge in [-0.3, -0.25) is 4.79 Å². The Morgan fingerprint density at radius 2 is 2.23 bits per heavy atom. The number of carbonyl (C=O) groups excluding carboxylic acids is 1. The fourth-order valence-electron chi connectivity index (χ4n) is 1.20. The summed E-state index contributed by atoms with van der Waals surface area (Å²) in [5.74, 6) is 0.172. The van der Waals surface area contributed by atoms with Crippen molar-refractivity contribution < 1.29 is 9.90 Å². The Labute approximate surface area is 83.4 Å². The molecule has 2 rings (SSSR count). The van der Waals surface area contributed by atoms with Gasteiger partial charge in [0.1, 0.15) is 5.75 Å². The summed E-state index contributed by atoms with van der Waals surface area (Å²) in [7, 11) is 0. The van der Waals surface area contributed by atoms with Gasteiger partial charge in [0.05, 0.1) is 0 Å². The highest BCUT2D eigenvalue weighted by molar-refractivity contribution is 7.18. The van der Waals surface area contributed by atoms with Gasteiger partial charge in [0, 0.05) is 26.1 Å². The number of fused-ring (bicyclic) bond motifs is 1. The molecule has 0 aliphatic carbocycles. The number of halogens is 1. The van der Waals surface area contributed by atoms with Crippen LogP contribution in [-0.4, -0.2) is 11.4 Å². The van der Waals surface area contributed by atoms with Crippen molar-refractivity contribution in [1.29, 1.82) is 0 Å². The zero-order valence-corrected chi connectivity index (χ0v) is 8.02. The van der Waals surface area contributed by atoms with Gasteiger partial charge in [-0.05, 0) is 12.1 Å². The van der Waals surface area contributed by atoms with Crippen molar-refractivity contribution in [3.8, 4) is 5.75 Å². The fraction of sp³-hybridized carbons (Fsp3) is 0. The van der Waals surface area contributed by atoms with Crippen LogP contribution in [0.5, 0.6) is 5.75 Å². The zero-order valence-electron chi connectivity index (χ0n) is 6.45. The molecule has 1 N–H and O–H groups in total. The number of aldehydes is 1. The molecular weight excluding hydrogens is 208 g/mol. The summed E-state index contributed by atoms with van der Waals surface area (Å²) in [4.78, 5) is 10.6. The highest BCUT2D eigenvalue weighted by Gasteiger charge is 2.07. The van der Waals surface area contributed by atoms with Gasteiger partial charge in [0.15, 0.2) is 6.29 Å². The molecule has 0 saturated carbocycles. The van der Waals surface area contributed by atoms with E-state index in [4.69, 9.17) is 11.6 Å². The lowest BCUT2D eigenvalue weighted by Gasteiger charge is -1.96. The van der Waals surface area contributed by atoms with Crippen LogP contribution < -0.4 is 0 Å². The van der Waals surface area contributed by atoms with Crippen LogP contribution in [-0.2, 0) is 0 Å². The Hall–Kier alpha value is -1.06. The molecule has 0 unspecified atom stereocenters. The van der Waals surface area contributed by atoms with E-state index in [1.54, 1.807) is 17.5 Å². The Balaban J connectivity index is 2.91. The molecule has 0 radical (unpaired) electrons. The van der Waals surface area contributed by atoms with Crippen molar-refractivity contribution in [1.82, 2.24) is 0 Å². The van der Waals surface area contributed by atoms with Gasteiger partial charge in [-0.2, -0.15) is 0 Å². The van der Waals surface area contributed by atoms with E-state index in [1.807, 2.05) is 0 Å². The van der Waals surface area contributed by atoms with Crippen LogP contribution in [0.2, 0.25) is 5.02 Å². The van der Waals surface area contributed by atoms with Crippen molar-refractivity contribution in [3.05, 3.63) is 28.1 Å². The normalized spacial score (nSPS) is 10.5. The first-order chi connectivity index (χ1) is 6.22. The molecule has 0 bridgehead atoms. The van der Waals surface area contributed by atoms with Crippen LogP contribution in [0.3, 0.4) is 0 Å². The topological polar surface area (TPSA) is 37.3 Å². The quantitative estimate of drug-likeness (QED) is 0.738. The van der Waals surface area contributed by atoms with Gasteiger partial charge >= 0.3 is 0 Å². The van der Waals surface area contributed by atoms with E-state index in [0.29, 0.717) is 16.0 Å². The second kappa shape index (κ2) is 3.01. The number of carbonyl (C=O) groups is 1. The van der Waals surface area contributed by atoms with Gasteiger partial charge < -0.3 is 5.11 Å². The summed E-state index contributed by atoms with van der Waals surface area (Å²) < 4.78 is 0.775. The van der Waals surface area contributed by atoms with Gasteiger partial charge in [0.2, 0.25) is 0 Å². The molecule has 1 heterocycles. The lowest BCUT2D eigenvalue weighted by atomic mass is 10.2. The zero-order chi connectivity index (χ0) is 9.42. The number of thiophene rings is 1. The molecule has 0 saturated heterocycles. The molecule has 4 heteroatoms. The monoisotopic (exact) mass is 212 g/mol. The van der Waals surface area contributed by atoms with Crippen LogP contribution in [0.4, 0.5) is 0 Å². The summed E-state index contributed by atoms with van der Waals surface area (Å²) in [6, 6.07) is 3.24. The first kappa shape index (κ1) is 8.53. The third-order valence-corrected chi connectivity index (χ3v) is 3.02. The van der Waals surface area contributed by atoms with E-state index < -0.39 is 0 Å². The molecule has 1 aromatic carbocycles. The van der Waals surface area contributed by atoms with Crippen LogP contribution in [0.15, 0.2) is 17.5 Å². The second-order valence-corrected chi connectivity index (χ2v) is 3.93. The van der Waals surface area contributed by atoms with Gasteiger partial charge in [-0.1, -0.05) is 11.6 Å². The molecule has 66 valence electrons. The number of rotatable bonds is 1. The minimum Gasteiger partial charge on any atom is -0.506 e. The molecule has 1 aromatic heterocycles. The van der Waals surface area contributed by atoms with Crippen LogP contribution >= 0.6 is 22.9 Å². The maximum Gasteiger partial charge on any atom is 0.151 e. The summed E-state index contributed by atoms with van der Waals surface area (Å²) in [6.07, 6.45) is 0.740. The molecular formula is C9H5ClO2S. The van der Waals surface area contributed by atoms with Crippen LogP contribution in [0, 0.1) is 0 Å². The Bertz CT molecular complexity index is 476. The predicted molar refractivity (Wildman–Crippen MR) is 53.9 cm³/mol. The minimum absolute atomic E-state index is 0.172. The van der Waals surface area contributed by atoms with Crippen LogP contribution in [0.1, 0.15) is 10.4 Å². The predicted octanol–water partition coefficient (Wildman–Crippen LogP) is 3.07. The summed E-state index contributed by atoms with van der Waals surface area (Å²) >= 11 is 7.10. The third kappa shape index (κ3) is 1.30. The van der Waals surface area contributed by atoms with Crippen molar-refractivity contribution in [2.24, 2.45) is 0 Å². The van der Waals surface area contributed by atoms with Crippen molar-refractivity contribution in [3.63, 3.8) is 0 Å². The number of aromatic hydroxyl groups is 1. The number of benzene rings is 1. The number of hydrogen-bond donors (Lipinski definition) is 1. The minimum atomic E-state index is 0.172. The van der Waals surface area contributed by atoms with E-state index in [9.17, 15) is 9.90 Å². The third-order valence-electron chi connectivity index (χ3n) is 1.77. The molecule has 0 aliphatic rings. The average molecular weight is 213 g/mol. The Morgan fingerprint density at radius 1 is 1.46 bits per heavy atom. The SMILES string of the molecule is O=Cc1cc(Cl)cc2c(O)csc12. The van der Waals surface area contributed by atoms with Gasteiger partial charge in [0.25, 0.3) is 0 Å². The molecule has 0 fully saturated rings. The van der Waals surface area contributed by atoms with E-state index in [0.717, 1.165) is 11.0 Å². The van der Waals surface area contributed by atoms with Gasteiger partial charge in [-0.15, -0.1) is 11.3 Å². The second-order valence-electron chi connectivity index (χ2n) is 2.61. The fourth-order valence-corrected chi connectivity index (χ4v) is 2.32. The molecule has 0 atom stereocenters. The van der Waals surface area contributed by atoms with Gasteiger partial charge in [-0.25, -0.2) is 0 Å². The Morgan fingerprint density at radius 3 is 2.92 bits per heavy atom. The highest BCUT2D eigenvalue weighted by atomic mass is 35.5. The molecule has 2 nitrogen and oxygen atoms in total. The van der Waals surface area contributed by atoms with Crippen LogP contribution in [0.25, 0.3) is 10.1 Å². The Kier molecular flexibility index (Phi) is 1.98. The summed E-state index contributed by atoms with van der Waals surface area (Å²) in [6.45, 7) is 0. The molecule has 0 spiro atoms. The van der Waals surface area contributed by atoms with E-state index in [1.165, 1.54) is 11.3 Å². The molecule has 0 aliphatic heterocycles. The molecule has 0 amide bonds. The summed E-state index contributed by atoms with van der Waals surface area (Å²) in [5.41, 5.74) is 0.521. The summed E-state index contributed by atoms with van der Waals surface area (Å²) in [5, 5.41) is 12.1. The van der Waals surface area contributed by atoms with Crippen molar-refractivity contribution in [2.45, 2.75) is 0 Å². The van der Waals surface area contributed by atoms with E-state index in [2.05, 4.69) is 0 Å². The standard InChI is InChI=1S/C9H5ClO2S/c10-6-1-5(3-11)9-7(2-6)8(12)4-13-9/h1-4,12H. The lowest BCUT2D eigenvalue weighted by Crippen LogP contribution is -1.79. The average Bonchev–Trinajstić information content (AvgIpc) is 2.47. The lowest BCUT2D eigenvalue weighted by molar-refractivity contribution is 0.112. The molecule has 2 aromatic rings. The smallest absolute Gasteiger partial charge is 0.151 e. The largest absolute Gasteiger partial charge is 0.506 e. The van der Waals surface area contributed by atoms with E-state index in [-0.39, 0.29) is 5.75 Å². The maximum atomic E-state index is 10.6. The first-order valence-corrected chi connectivity index (χ1v) is 4.83. The first-order valence-electron chi connectivity index (χ1n) is 3.57. The molecule has 13 heavy (non-hydrogen) atoms. The van der Waals surface area contributed by atoms with E-state index >= 15 is 0 Å². The van der Waals surface area contributed by atoms with Crippen molar-refractivity contribution in [2.75, 3.05) is 0 Å². The maximum absolute atomic E-state index is 10.6. The van der Waals surface area contributed by atoms with Crippen molar-refractivity contribution >= 4 is 39.3 Å².